The van der Waals surface area contributed by atoms with Gasteiger partial charge in [0.1, 0.15) is 6.61 Å². The molecule has 2 aliphatic rings. The van der Waals surface area contributed by atoms with Gasteiger partial charge in [0.2, 0.25) is 0 Å². The molecule has 0 radical (unpaired) electrons. The second-order valence-electron chi connectivity index (χ2n) is 7.53. The average molecular weight is 360 g/mol. The number of carboxylic acid groups (broad SMARTS) is 1. The summed E-state index contributed by atoms with van der Waals surface area (Å²) in [4.78, 5) is 29.1. The maximum atomic E-state index is 13.0. The molecule has 6 nitrogen and oxygen atoms in total. The predicted molar refractivity (Wildman–Crippen MR) is 97.8 cm³/mol. The van der Waals surface area contributed by atoms with E-state index in [1.807, 2.05) is 44.2 Å². The first-order valence-electron chi connectivity index (χ1n) is 9.44. The molecular formula is C20H28N2O4. The molecule has 6 heteroatoms. The van der Waals surface area contributed by atoms with Crippen LogP contribution < -0.4 is 0 Å². The second-order valence-corrected chi connectivity index (χ2v) is 7.53. The van der Waals surface area contributed by atoms with Crippen LogP contribution in [0.5, 0.6) is 0 Å². The van der Waals surface area contributed by atoms with Gasteiger partial charge in [-0.15, -0.1) is 0 Å². The molecule has 3 rings (SSSR count). The van der Waals surface area contributed by atoms with Crippen LogP contribution >= 0.6 is 0 Å². The Morgan fingerprint density at radius 1 is 1.27 bits per heavy atom. The minimum Gasteiger partial charge on any atom is -0.479 e. The normalized spacial score (nSPS) is 25.7. The Morgan fingerprint density at radius 3 is 2.65 bits per heavy atom. The number of fused-ring (bicyclic) bond motifs is 1. The molecule has 0 saturated carbocycles. The summed E-state index contributed by atoms with van der Waals surface area (Å²) >= 11 is 0. The Bertz CT molecular complexity index is 648. The molecule has 0 aliphatic carbocycles. The maximum absolute atomic E-state index is 13.0. The zero-order valence-corrected chi connectivity index (χ0v) is 15.6. The fraction of sp³-hybridized carbons (Fsp3) is 0.600. The van der Waals surface area contributed by atoms with E-state index in [1.165, 1.54) is 4.90 Å². The molecule has 1 N–H and O–H groups in total. The lowest BCUT2D eigenvalue weighted by Crippen LogP contribution is -2.66. The van der Waals surface area contributed by atoms with E-state index in [1.54, 1.807) is 0 Å². The van der Waals surface area contributed by atoms with Crippen molar-refractivity contribution >= 4 is 12.1 Å². The Kier molecular flexibility index (Phi) is 5.51. The molecule has 2 unspecified atom stereocenters. The topological polar surface area (TPSA) is 70.1 Å². The molecule has 2 fully saturated rings. The molecule has 2 saturated heterocycles. The number of hydrogen-bond donors (Lipinski definition) is 1. The number of ether oxygens (including phenoxy) is 1. The second kappa shape index (κ2) is 7.66. The van der Waals surface area contributed by atoms with Crippen molar-refractivity contribution < 1.29 is 19.4 Å². The van der Waals surface area contributed by atoms with Crippen LogP contribution in [-0.4, -0.2) is 57.7 Å². The van der Waals surface area contributed by atoms with Crippen LogP contribution in [0.3, 0.4) is 0 Å². The standard InChI is InChI=1S/C20H28N2O4/c1-15(2)22(19(25)26-14-16-8-4-3-5-9-16)20(18(23)24)11-13-21-12-7-6-10-17(20)21/h3-5,8-9,15,17H,6-7,10-14H2,1-2H3,(H,23,24). The van der Waals surface area contributed by atoms with Crippen molar-refractivity contribution in [3.8, 4) is 0 Å². The molecule has 142 valence electrons. The van der Waals surface area contributed by atoms with E-state index in [2.05, 4.69) is 4.90 Å². The molecular weight excluding hydrogens is 332 g/mol. The first-order chi connectivity index (χ1) is 12.5. The Morgan fingerprint density at radius 2 is 2.00 bits per heavy atom. The van der Waals surface area contributed by atoms with Gasteiger partial charge < -0.3 is 9.84 Å². The third-order valence-electron chi connectivity index (χ3n) is 5.66. The van der Waals surface area contributed by atoms with Gasteiger partial charge in [-0.2, -0.15) is 0 Å². The molecule has 1 aromatic carbocycles. The number of carbonyl (C=O) groups is 2. The first kappa shape index (κ1) is 18.7. The van der Waals surface area contributed by atoms with Crippen molar-refractivity contribution in [1.82, 2.24) is 9.80 Å². The van der Waals surface area contributed by atoms with Gasteiger partial charge in [-0.1, -0.05) is 36.8 Å². The van der Waals surface area contributed by atoms with Crippen LogP contribution in [-0.2, 0) is 16.1 Å². The van der Waals surface area contributed by atoms with E-state index in [0.717, 1.165) is 31.4 Å². The monoisotopic (exact) mass is 360 g/mol. The van der Waals surface area contributed by atoms with Gasteiger partial charge in [0.05, 0.1) is 0 Å². The largest absolute Gasteiger partial charge is 0.479 e. The van der Waals surface area contributed by atoms with E-state index >= 15 is 0 Å². The fourth-order valence-electron chi connectivity index (χ4n) is 4.54. The first-order valence-corrected chi connectivity index (χ1v) is 9.44. The highest BCUT2D eigenvalue weighted by atomic mass is 16.6. The number of benzene rings is 1. The number of nitrogens with zero attached hydrogens (tertiary/aromatic N) is 2. The number of amides is 1. The third kappa shape index (κ3) is 3.30. The van der Waals surface area contributed by atoms with E-state index in [0.29, 0.717) is 13.0 Å². The number of carbonyl (C=O) groups excluding carboxylic acids is 1. The van der Waals surface area contributed by atoms with Crippen LogP contribution in [0.1, 0.15) is 45.1 Å². The van der Waals surface area contributed by atoms with Crippen molar-refractivity contribution in [2.45, 2.75) is 63.8 Å². The molecule has 0 spiro atoms. The smallest absolute Gasteiger partial charge is 0.411 e. The number of rotatable bonds is 5. The maximum Gasteiger partial charge on any atom is 0.411 e. The van der Waals surface area contributed by atoms with Gasteiger partial charge in [0.25, 0.3) is 0 Å². The van der Waals surface area contributed by atoms with Gasteiger partial charge in [0.15, 0.2) is 5.54 Å². The van der Waals surface area contributed by atoms with Gasteiger partial charge in [-0.05, 0) is 45.2 Å². The molecule has 2 aliphatic heterocycles. The predicted octanol–water partition coefficient (Wildman–Crippen LogP) is 3.12. The van der Waals surface area contributed by atoms with Crippen LogP contribution in [0.2, 0.25) is 0 Å². The molecule has 0 bridgehead atoms. The number of piperidine rings is 1. The molecule has 2 atom stereocenters. The Hall–Kier alpha value is -2.08. The summed E-state index contributed by atoms with van der Waals surface area (Å²) < 4.78 is 5.52. The van der Waals surface area contributed by atoms with Gasteiger partial charge in [-0.25, -0.2) is 9.59 Å². The average Bonchev–Trinajstić information content (AvgIpc) is 3.01. The number of hydrogen-bond acceptors (Lipinski definition) is 4. The summed E-state index contributed by atoms with van der Waals surface area (Å²) in [5.74, 6) is -0.919. The SMILES string of the molecule is CC(C)N(C(=O)OCc1ccccc1)C1(C(=O)O)CCN2CCCCC21. The summed E-state index contributed by atoms with van der Waals surface area (Å²) in [6.07, 6.45) is 2.80. The molecule has 1 aromatic rings. The van der Waals surface area contributed by atoms with Gasteiger partial charge in [-0.3, -0.25) is 9.80 Å². The van der Waals surface area contributed by atoms with Gasteiger partial charge in [0, 0.05) is 18.6 Å². The Balaban J connectivity index is 1.84. The Labute approximate surface area is 154 Å². The highest BCUT2D eigenvalue weighted by Gasteiger charge is 2.59. The zero-order valence-electron chi connectivity index (χ0n) is 15.6. The summed E-state index contributed by atoms with van der Waals surface area (Å²) in [7, 11) is 0. The van der Waals surface area contributed by atoms with Crippen LogP contribution in [0, 0.1) is 0 Å². The molecule has 26 heavy (non-hydrogen) atoms. The highest BCUT2D eigenvalue weighted by molar-refractivity contribution is 5.86. The summed E-state index contributed by atoms with van der Waals surface area (Å²) in [5.41, 5.74) is -0.317. The lowest BCUT2D eigenvalue weighted by Gasteiger charge is -2.45. The van der Waals surface area contributed by atoms with Crippen LogP contribution in [0.15, 0.2) is 30.3 Å². The van der Waals surface area contributed by atoms with Crippen molar-refractivity contribution in [3.63, 3.8) is 0 Å². The summed E-state index contributed by atoms with van der Waals surface area (Å²) in [5, 5.41) is 10.2. The number of carboxylic acids is 1. The molecule has 1 amide bonds. The fourth-order valence-corrected chi connectivity index (χ4v) is 4.54. The minimum absolute atomic E-state index is 0.138. The van der Waals surface area contributed by atoms with Crippen molar-refractivity contribution in [2.24, 2.45) is 0 Å². The van der Waals surface area contributed by atoms with Crippen molar-refractivity contribution in [2.75, 3.05) is 13.1 Å². The lowest BCUT2D eigenvalue weighted by molar-refractivity contribution is -0.154. The summed E-state index contributed by atoms with van der Waals surface area (Å²) in [6.45, 7) is 5.49. The lowest BCUT2D eigenvalue weighted by atomic mass is 9.83. The molecule has 0 aromatic heterocycles. The quantitative estimate of drug-likeness (QED) is 0.874. The van der Waals surface area contributed by atoms with E-state index in [4.69, 9.17) is 4.74 Å². The van der Waals surface area contributed by atoms with Crippen LogP contribution in [0.25, 0.3) is 0 Å². The zero-order chi connectivity index (χ0) is 18.7. The van der Waals surface area contributed by atoms with Crippen LogP contribution in [0.4, 0.5) is 4.79 Å². The van der Waals surface area contributed by atoms with E-state index in [-0.39, 0.29) is 18.7 Å². The van der Waals surface area contributed by atoms with Gasteiger partial charge >= 0.3 is 12.1 Å². The van der Waals surface area contributed by atoms with Crippen molar-refractivity contribution in [3.05, 3.63) is 35.9 Å². The van der Waals surface area contributed by atoms with E-state index < -0.39 is 17.6 Å². The van der Waals surface area contributed by atoms with E-state index in [9.17, 15) is 14.7 Å². The highest BCUT2D eigenvalue weighted by Crippen LogP contribution is 2.41. The molecule has 2 heterocycles. The third-order valence-corrected chi connectivity index (χ3v) is 5.66. The number of aliphatic carboxylic acids is 1. The summed E-state index contributed by atoms with van der Waals surface area (Å²) in [6, 6.07) is 9.06. The van der Waals surface area contributed by atoms with Crippen molar-refractivity contribution in [1.29, 1.82) is 0 Å². The minimum atomic E-state index is -1.21.